The van der Waals surface area contributed by atoms with E-state index in [4.69, 9.17) is 4.74 Å². The molecule has 0 heterocycles. The first kappa shape index (κ1) is 15.9. The van der Waals surface area contributed by atoms with E-state index in [9.17, 15) is 4.79 Å². The Morgan fingerprint density at radius 1 is 1.14 bits per heavy atom. The molecule has 116 valence electrons. The normalized spacial score (nSPS) is 10.1. The van der Waals surface area contributed by atoms with Crippen LogP contribution in [-0.2, 0) is 6.42 Å². The maximum Gasteiger partial charge on any atom is 0.251 e. The third-order valence-corrected chi connectivity index (χ3v) is 3.50. The molecule has 0 aliphatic heterocycles. The molecule has 1 N–H and O–H groups in total. The van der Waals surface area contributed by atoms with E-state index < -0.39 is 0 Å². The van der Waals surface area contributed by atoms with Crippen molar-refractivity contribution in [1.82, 2.24) is 5.32 Å². The summed E-state index contributed by atoms with van der Waals surface area (Å²) in [4.78, 5) is 14.2. The van der Waals surface area contributed by atoms with Crippen LogP contribution in [0.3, 0.4) is 0 Å². The first-order valence-corrected chi connectivity index (χ1v) is 7.29. The van der Waals surface area contributed by atoms with Crippen LogP contribution in [0.2, 0.25) is 0 Å². The molecule has 0 aromatic heterocycles. The average molecular weight is 298 g/mol. The minimum absolute atomic E-state index is 0.0569. The quantitative estimate of drug-likeness (QED) is 0.891. The fraction of sp³-hybridized carbons (Fsp3) is 0.278. The van der Waals surface area contributed by atoms with Crippen molar-refractivity contribution in [1.29, 1.82) is 0 Å². The third kappa shape index (κ3) is 4.01. The largest absolute Gasteiger partial charge is 0.496 e. The van der Waals surface area contributed by atoms with E-state index in [0.717, 1.165) is 23.4 Å². The number of ether oxygens (including phenoxy) is 1. The summed E-state index contributed by atoms with van der Waals surface area (Å²) < 4.78 is 5.31. The van der Waals surface area contributed by atoms with Crippen molar-refractivity contribution in [3.05, 3.63) is 59.7 Å². The Kier molecular flexibility index (Phi) is 5.42. The number of carbonyl (C=O) groups excluding carboxylic acids is 1. The van der Waals surface area contributed by atoms with Gasteiger partial charge in [-0.15, -0.1) is 0 Å². The van der Waals surface area contributed by atoms with Crippen LogP contribution in [0, 0.1) is 0 Å². The summed E-state index contributed by atoms with van der Waals surface area (Å²) in [6, 6.07) is 15.4. The van der Waals surface area contributed by atoms with E-state index >= 15 is 0 Å². The predicted octanol–water partition coefficient (Wildman–Crippen LogP) is 2.73. The van der Waals surface area contributed by atoms with Crippen molar-refractivity contribution in [2.24, 2.45) is 0 Å². The number of benzene rings is 2. The number of para-hydroxylation sites is 1. The van der Waals surface area contributed by atoms with Crippen molar-refractivity contribution in [3.8, 4) is 5.75 Å². The maximum atomic E-state index is 12.2. The lowest BCUT2D eigenvalue weighted by Gasteiger charge is -2.13. The smallest absolute Gasteiger partial charge is 0.251 e. The van der Waals surface area contributed by atoms with Gasteiger partial charge in [0.05, 0.1) is 7.11 Å². The van der Waals surface area contributed by atoms with Gasteiger partial charge in [0.1, 0.15) is 5.75 Å². The molecule has 0 radical (unpaired) electrons. The van der Waals surface area contributed by atoms with Gasteiger partial charge in [-0.25, -0.2) is 0 Å². The van der Waals surface area contributed by atoms with Crippen LogP contribution in [0.15, 0.2) is 48.5 Å². The molecule has 0 bridgehead atoms. The van der Waals surface area contributed by atoms with Crippen LogP contribution in [-0.4, -0.2) is 33.7 Å². The van der Waals surface area contributed by atoms with Crippen molar-refractivity contribution in [3.63, 3.8) is 0 Å². The van der Waals surface area contributed by atoms with Crippen LogP contribution in [0.4, 0.5) is 5.69 Å². The van der Waals surface area contributed by atoms with Gasteiger partial charge in [0.2, 0.25) is 0 Å². The fourth-order valence-corrected chi connectivity index (χ4v) is 2.25. The summed E-state index contributed by atoms with van der Waals surface area (Å²) in [5.41, 5.74) is 2.77. The van der Waals surface area contributed by atoms with Gasteiger partial charge in [-0.2, -0.15) is 0 Å². The van der Waals surface area contributed by atoms with Gasteiger partial charge in [-0.1, -0.05) is 24.3 Å². The number of methoxy groups -OCH3 is 1. The molecule has 2 aromatic carbocycles. The fourth-order valence-electron chi connectivity index (χ4n) is 2.25. The van der Waals surface area contributed by atoms with Crippen LogP contribution < -0.4 is 15.0 Å². The summed E-state index contributed by atoms with van der Waals surface area (Å²) in [5.74, 6) is 0.796. The molecule has 0 aliphatic carbocycles. The third-order valence-electron chi connectivity index (χ3n) is 3.50. The lowest BCUT2D eigenvalue weighted by atomic mass is 10.1. The summed E-state index contributed by atoms with van der Waals surface area (Å²) in [5, 5.41) is 2.95. The Bertz CT molecular complexity index is 638. The van der Waals surface area contributed by atoms with E-state index in [1.54, 1.807) is 7.11 Å². The number of amides is 1. The molecule has 2 aromatic rings. The molecule has 22 heavy (non-hydrogen) atoms. The zero-order valence-electron chi connectivity index (χ0n) is 13.3. The second kappa shape index (κ2) is 7.50. The Hall–Kier alpha value is -2.49. The van der Waals surface area contributed by atoms with Crippen molar-refractivity contribution in [2.45, 2.75) is 6.42 Å². The number of hydrogen-bond donors (Lipinski definition) is 1. The van der Waals surface area contributed by atoms with E-state index in [2.05, 4.69) is 5.32 Å². The monoisotopic (exact) mass is 298 g/mol. The standard InChI is InChI=1S/C18H22N2O2/c1-20(2)16-9-6-8-15(13-16)18(21)19-12-11-14-7-4-5-10-17(14)22-3/h4-10,13H,11-12H2,1-3H3,(H,19,21). The van der Waals surface area contributed by atoms with Gasteiger partial charge in [0.15, 0.2) is 0 Å². The molecule has 0 saturated heterocycles. The average Bonchev–Trinajstić information content (AvgIpc) is 2.55. The number of anilines is 1. The topological polar surface area (TPSA) is 41.6 Å². The summed E-state index contributed by atoms with van der Waals surface area (Å²) in [6.45, 7) is 0.575. The van der Waals surface area contributed by atoms with E-state index in [-0.39, 0.29) is 5.91 Å². The van der Waals surface area contributed by atoms with Crippen molar-refractivity contribution >= 4 is 11.6 Å². The molecule has 0 spiro atoms. The highest BCUT2D eigenvalue weighted by Crippen LogP contribution is 2.17. The number of nitrogens with one attached hydrogen (secondary N) is 1. The Morgan fingerprint density at radius 3 is 2.64 bits per heavy atom. The highest BCUT2D eigenvalue weighted by atomic mass is 16.5. The SMILES string of the molecule is COc1ccccc1CCNC(=O)c1cccc(N(C)C)c1. The molecule has 0 unspecified atom stereocenters. The van der Waals surface area contributed by atoms with Crippen LogP contribution in [0.5, 0.6) is 5.75 Å². The maximum absolute atomic E-state index is 12.2. The molecule has 1 amide bonds. The summed E-state index contributed by atoms with van der Waals surface area (Å²) in [6.07, 6.45) is 0.739. The molecule has 2 rings (SSSR count). The van der Waals surface area contributed by atoms with Crippen LogP contribution in [0.1, 0.15) is 15.9 Å². The van der Waals surface area contributed by atoms with Crippen LogP contribution in [0.25, 0.3) is 0 Å². The van der Waals surface area contributed by atoms with Crippen molar-refractivity contribution in [2.75, 3.05) is 32.6 Å². The van der Waals surface area contributed by atoms with Gasteiger partial charge in [0, 0.05) is 31.9 Å². The minimum Gasteiger partial charge on any atom is -0.496 e. The van der Waals surface area contributed by atoms with E-state index in [1.807, 2.05) is 67.5 Å². The second-order valence-electron chi connectivity index (χ2n) is 5.26. The number of nitrogens with zero attached hydrogens (tertiary/aromatic N) is 1. The lowest BCUT2D eigenvalue weighted by Crippen LogP contribution is -2.26. The molecule has 0 saturated carbocycles. The Balaban J connectivity index is 1.94. The van der Waals surface area contributed by atoms with Gasteiger partial charge in [0.25, 0.3) is 5.91 Å². The minimum atomic E-state index is -0.0569. The molecule has 0 fully saturated rings. The molecule has 0 atom stereocenters. The molecule has 4 nitrogen and oxygen atoms in total. The van der Waals surface area contributed by atoms with Gasteiger partial charge < -0.3 is 15.0 Å². The van der Waals surface area contributed by atoms with Crippen molar-refractivity contribution < 1.29 is 9.53 Å². The van der Waals surface area contributed by atoms with Gasteiger partial charge in [-0.05, 0) is 36.2 Å². The molecule has 4 heteroatoms. The Labute approximate surface area is 131 Å². The molecule has 0 aliphatic rings. The zero-order valence-corrected chi connectivity index (χ0v) is 13.3. The first-order chi connectivity index (χ1) is 10.6. The van der Waals surface area contributed by atoms with Crippen LogP contribution >= 0.6 is 0 Å². The number of rotatable bonds is 6. The highest BCUT2D eigenvalue weighted by molar-refractivity contribution is 5.95. The Morgan fingerprint density at radius 2 is 1.91 bits per heavy atom. The zero-order chi connectivity index (χ0) is 15.9. The highest BCUT2D eigenvalue weighted by Gasteiger charge is 2.07. The summed E-state index contributed by atoms with van der Waals surface area (Å²) >= 11 is 0. The molecular formula is C18H22N2O2. The van der Waals surface area contributed by atoms with E-state index in [1.165, 1.54) is 0 Å². The number of hydrogen-bond acceptors (Lipinski definition) is 3. The molecular weight excluding hydrogens is 276 g/mol. The summed E-state index contributed by atoms with van der Waals surface area (Å²) in [7, 11) is 5.57. The number of carbonyl (C=O) groups is 1. The van der Waals surface area contributed by atoms with E-state index in [0.29, 0.717) is 12.1 Å². The second-order valence-corrected chi connectivity index (χ2v) is 5.26. The predicted molar refractivity (Wildman–Crippen MR) is 89.8 cm³/mol. The lowest BCUT2D eigenvalue weighted by molar-refractivity contribution is 0.0954. The van der Waals surface area contributed by atoms with Gasteiger partial charge >= 0.3 is 0 Å². The first-order valence-electron chi connectivity index (χ1n) is 7.29. The van der Waals surface area contributed by atoms with Gasteiger partial charge in [-0.3, -0.25) is 4.79 Å².